The number of anilines is 2. The normalized spacial score (nSPS) is 17.8. The maximum Gasteiger partial charge on any atom is 0.414 e. The first kappa shape index (κ1) is 26.3. The second-order valence-corrected chi connectivity index (χ2v) is 8.64. The van der Waals surface area contributed by atoms with Crippen LogP contribution < -0.4 is 15.1 Å². The van der Waals surface area contributed by atoms with E-state index in [0.717, 1.165) is 5.56 Å². The van der Waals surface area contributed by atoms with Gasteiger partial charge in [0.15, 0.2) is 0 Å². The summed E-state index contributed by atoms with van der Waals surface area (Å²) in [5.74, 6) is -2.13. The molecule has 9 nitrogen and oxygen atoms in total. The third-order valence-electron chi connectivity index (χ3n) is 6.13. The van der Waals surface area contributed by atoms with Crippen LogP contribution in [0.5, 0.6) is 0 Å². The van der Waals surface area contributed by atoms with Crippen molar-refractivity contribution in [3.63, 3.8) is 0 Å². The minimum Gasteiger partial charge on any atom is -0.442 e. The number of alkyl halides is 2. The van der Waals surface area contributed by atoms with Gasteiger partial charge in [0.1, 0.15) is 18.5 Å². The van der Waals surface area contributed by atoms with Crippen LogP contribution in [0.1, 0.15) is 5.56 Å². The number of halogens is 3. The first-order valence-electron chi connectivity index (χ1n) is 11.8. The number of nitrogens with zero attached hydrogens (tertiary/aromatic N) is 3. The van der Waals surface area contributed by atoms with Crippen molar-refractivity contribution in [3.8, 4) is 0 Å². The second kappa shape index (κ2) is 12.0. The van der Waals surface area contributed by atoms with Crippen molar-refractivity contribution in [2.24, 2.45) is 0 Å². The van der Waals surface area contributed by atoms with E-state index in [4.69, 9.17) is 9.47 Å². The average molecular weight is 521 g/mol. The van der Waals surface area contributed by atoms with Crippen LogP contribution in [0.2, 0.25) is 0 Å². The summed E-state index contributed by atoms with van der Waals surface area (Å²) in [6.07, 6.45) is -4.76. The zero-order chi connectivity index (χ0) is 26.4. The SMILES string of the molecule is O=C(NC[C@H]1CN(c2ccc(N3CCN(C(=O)COCc4ccccc4)CC3)c(F)c2)C(=O)O1)C(F)F. The number of hydrogen-bond acceptors (Lipinski definition) is 6. The minimum atomic E-state index is -3.16. The Morgan fingerprint density at radius 3 is 2.49 bits per heavy atom. The number of carbonyl (C=O) groups excluding carboxylic acids is 3. The van der Waals surface area contributed by atoms with Crippen LogP contribution >= 0.6 is 0 Å². The van der Waals surface area contributed by atoms with E-state index in [2.05, 4.69) is 0 Å². The fourth-order valence-electron chi connectivity index (χ4n) is 4.17. The minimum absolute atomic E-state index is 0.0196. The molecular weight excluding hydrogens is 493 g/mol. The van der Waals surface area contributed by atoms with Crippen LogP contribution in [0.15, 0.2) is 48.5 Å². The smallest absolute Gasteiger partial charge is 0.414 e. The highest BCUT2D eigenvalue weighted by atomic mass is 19.3. The Labute approximate surface area is 211 Å². The summed E-state index contributed by atoms with van der Waals surface area (Å²) in [6.45, 7) is 1.71. The number of hydrogen-bond donors (Lipinski definition) is 1. The van der Waals surface area contributed by atoms with E-state index in [1.54, 1.807) is 17.0 Å². The van der Waals surface area contributed by atoms with Crippen molar-refractivity contribution in [2.75, 3.05) is 55.7 Å². The summed E-state index contributed by atoms with van der Waals surface area (Å²) >= 11 is 0. The molecule has 2 saturated heterocycles. The third kappa shape index (κ3) is 6.70. The van der Waals surface area contributed by atoms with Crippen molar-refractivity contribution >= 4 is 29.3 Å². The number of ether oxygens (including phenoxy) is 2. The van der Waals surface area contributed by atoms with Gasteiger partial charge >= 0.3 is 12.5 Å². The van der Waals surface area contributed by atoms with Crippen molar-refractivity contribution in [1.29, 1.82) is 0 Å². The predicted molar refractivity (Wildman–Crippen MR) is 128 cm³/mol. The van der Waals surface area contributed by atoms with Gasteiger partial charge in [-0.2, -0.15) is 8.78 Å². The Hall–Kier alpha value is -3.80. The number of cyclic esters (lactones) is 1. The van der Waals surface area contributed by atoms with Crippen LogP contribution in [0.25, 0.3) is 0 Å². The lowest BCUT2D eigenvalue weighted by Gasteiger charge is -2.36. The molecule has 2 aliphatic rings. The molecule has 198 valence electrons. The van der Waals surface area contributed by atoms with E-state index in [9.17, 15) is 27.6 Å². The molecule has 0 spiro atoms. The summed E-state index contributed by atoms with van der Waals surface area (Å²) in [5, 5.41) is 2.00. The van der Waals surface area contributed by atoms with Crippen LogP contribution in [-0.4, -0.2) is 81.2 Å². The van der Waals surface area contributed by atoms with Gasteiger partial charge in [-0.05, 0) is 23.8 Å². The topological polar surface area (TPSA) is 91.4 Å². The Balaban J connectivity index is 1.26. The molecule has 0 saturated carbocycles. The van der Waals surface area contributed by atoms with Crippen LogP contribution in [0.4, 0.5) is 29.3 Å². The fraction of sp³-hybridized carbons (Fsp3) is 0.400. The first-order chi connectivity index (χ1) is 17.8. The Morgan fingerprint density at radius 1 is 1.08 bits per heavy atom. The molecule has 0 radical (unpaired) electrons. The quantitative estimate of drug-likeness (QED) is 0.546. The molecular formula is C25H27F3N4O5. The van der Waals surface area contributed by atoms with Gasteiger partial charge in [-0.15, -0.1) is 0 Å². The molecule has 1 atom stereocenters. The maximum atomic E-state index is 15.0. The molecule has 0 aliphatic carbocycles. The Bertz CT molecular complexity index is 1110. The average Bonchev–Trinajstić information content (AvgIpc) is 3.28. The van der Waals surface area contributed by atoms with Gasteiger partial charge in [-0.3, -0.25) is 14.5 Å². The second-order valence-electron chi connectivity index (χ2n) is 8.64. The van der Waals surface area contributed by atoms with Crippen molar-refractivity contribution in [3.05, 3.63) is 59.9 Å². The molecule has 37 heavy (non-hydrogen) atoms. The van der Waals surface area contributed by atoms with Crippen LogP contribution in [0, 0.1) is 5.82 Å². The molecule has 2 aliphatic heterocycles. The van der Waals surface area contributed by atoms with Gasteiger partial charge in [-0.1, -0.05) is 30.3 Å². The lowest BCUT2D eigenvalue weighted by molar-refractivity contribution is -0.136. The number of piperazine rings is 1. The zero-order valence-electron chi connectivity index (χ0n) is 19.9. The molecule has 0 bridgehead atoms. The van der Waals surface area contributed by atoms with Crippen molar-refractivity contribution in [2.45, 2.75) is 19.1 Å². The molecule has 0 unspecified atom stereocenters. The zero-order valence-corrected chi connectivity index (χ0v) is 19.9. The molecule has 1 N–H and O–H groups in total. The lowest BCUT2D eigenvalue weighted by Crippen LogP contribution is -2.50. The number of rotatable bonds is 9. The summed E-state index contributed by atoms with van der Waals surface area (Å²) in [7, 11) is 0. The molecule has 2 fully saturated rings. The summed E-state index contributed by atoms with van der Waals surface area (Å²) in [6, 6.07) is 13.9. The van der Waals surface area contributed by atoms with E-state index in [-0.39, 0.29) is 31.3 Å². The van der Waals surface area contributed by atoms with Gasteiger partial charge in [-0.25, -0.2) is 9.18 Å². The Morgan fingerprint density at radius 2 is 1.81 bits per heavy atom. The van der Waals surface area contributed by atoms with E-state index >= 15 is 0 Å². The van der Waals surface area contributed by atoms with Crippen molar-refractivity contribution in [1.82, 2.24) is 10.2 Å². The number of benzene rings is 2. The maximum absolute atomic E-state index is 15.0. The summed E-state index contributed by atoms with van der Waals surface area (Å²) in [5.41, 5.74) is 1.57. The highest BCUT2D eigenvalue weighted by Crippen LogP contribution is 2.28. The third-order valence-corrected chi connectivity index (χ3v) is 6.13. The van der Waals surface area contributed by atoms with Gasteiger partial charge in [0.25, 0.3) is 5.91 Å². The number of amides is 3. The fourth-order valence-corrected chi connectivity index (χ4v) is 4.17. The van der Waals surface area contributed by atoms with Crippen LogP contribution in [0.3, 0.4) is 0 Å². The largest absolute Gasteiger partial charge is 0.442 e. The molecule has 12 heteroatoms. The standard InChI is InChI=1S/C25H27F3N4O5/c26-20-12-18(32-14-19(37-25(32)35)13-29-24(34)23(27)28)6-7-21(20)30-8-10-31(11-9-30)22(33)16-36-15-17-4-2-1-3-5-17/h1-7,12,19,23H,8-11,13-16H2,(H,29,34)/t19-/m0/s1. The van der Waals surface area contributed by atoms with E-state index in [1.807, 2.05) is 40.5 Å². The highest BCUT2D eigenvalue weighted by molar-refractivity contribution is 5.90. The van der Waals surface area contributed by atoms with Gasteiger partial charge in [0.2, 0.25) is 5.91 Å². The van der Waals surface area contributed by atoms with Gasteiger partial charge in [0.05, 0.1) is 31.1 Å². The van der Waals surface area contributed by atoms with E-state index < -0.39 is 30.3 Å². The molecule has 3 amide bonds. The molecule has 4 rings (SSSR count). The van der Waals surface area contributed by atoms with Gasteiger partial charge in [0, 0.05) is 26.2 Å². The van der Waals surface area contributed by atoms with Crippen LogP contribution in [-0.2, 0) is 25.7 Å². The molecule has 0 aromatic heterocycles. The highest BCUT2D eigenvalue weighted by Gasteiger charge is 2.34. The molecule has 2 aromatic rings. The van der Waals surface area contributed by atoms with Gasteiger partial charge < -0.3 is 24.6 Å². The van der Waals surface area contributed by atoms with E-state index in [0.29, 0.717) is 38.5 Å². The van der Waals surface area contributed by atoms with Crippen molar-refractivity contribution < 1.29 is 37.0 Å². The predicted octanol–water partition coefficient (Wildman–Crippen LogP) is 2.40. The summed E-state index contributed by atoms with van der Waals surface area (Å²) in [4.78, 5) is 40.3. The summed E-state index contributed by atoms with van der Waals surface area (Å²) < 4.78 is 50.2. The number of nitrogens with one attached hydrogen (secondary N) is 1. The monoisotopic (exact) mass is 520 g/mol. The van der Waals surface area contributed by atoms with E-state index in [1.165, 1.54) is 11.0 Å². The first-order valence-corrected chi connectivity index (χ1v) is 11.8. The number of carbonyl (C=O) groups is 3. The Kier molecular flexibility index (Phi) is 8.49. The molecule has 2 heterocycles. The lowest BCUT2D eigenvalue weighted by atomic mass is 10.2. The molecule has 2 aromatic carbocycles.